The number of rotatable bonds is 4. The van der Waals surface area contributed by atoms with Crippen LogP contribution in [0, 0.1) is 5.82 Å². The van der Waals surface area contributed by atoms with Crippen molar-refractivity contribution in [3.05, 3.63) is 45.2 Å². The highest BCUT2D eigenvalue weighted by molar-refractivity contribution is 6.49. The normalized spacial score (nSPS) is 11.0. The lowest BCUT2D eigenvalue weighted by atomic mass is 10.1. The van der Waals surface area contributed by atoms with Crippen LogP contribution in [0.3, 0.4) is 0 Å². The number of carboxylic acid groups (broad SMARTS) is 1. The average Bonchev–Trinajstić information content (AvgIpc) is 2.98. The van der Waals surface area contributed by atoms with E-state index in [1.54, 1.807) is 6.07 Å². The van der Waals surface area contributed by atoms with Gasteiger partial charge in [0.2, 0.25) is 0 Å². The van der Waals surface area contributed by atoms with E-state index in [2.05, 4.69) is 5.16 Å². The Morgan fingerprint density at radius 2 is 1.92 bits per heavy atom. The van der Waals surface area contributed by atoms with Gasteiger partial charge in [-0.2, -0.15) is 0 Å². The molecule has 1 aromatic heterocycles. The Bertz CT molecular complexity index is 958. The van der Waals surface area contributed by atoms with E-state index in [9.17, 15) is 14.3 Å². The Balaban J connectivity index is 2.24. The first-order valence-corrected chi connectivity index (χ1v) is 7.58. The summed E-state index contributed by atoms with van der Waals surface area (Å²) in [7, 11) is 0. The van der Waals surface area contributed by atoms with Gasteiger partial charge < -0.3 is 19.2 Å². The van der Waals surface area contributed by atoms with Crippen molar-refractivity contribution in [2.75, 3.05) is 6.61 Å². The Morgan fingerprint density at radius 1 is 1.21 bits per heavy atom. The van der Waals surface area contributed by atoms with E-state index in [0.29, 0.717) is 0 Å². The Kier molecular flexibility index (Phi) is 4.54. The minimum absolute atomic E-state index is 0.00216. The highest BCUT2D eigenvalue weighted by atomic mass is 35.5. The molecule has 0 N–H and O–H groups in total. The molecule has 0 unspecified atom stereocenters. The molecule has 0 aliphatic carbocycles. The number of halogens is 4. The second kappa shape index (κ2) is 6.47. The molecule has 5 nitrogen and oxygen atoms in total. The zero-order chi connectivity index (χ0) is 17.4. The average molecular weight is 390 g/mol. The lowest BCUT2D eigenvalue weighted by Gasteiger charge is -2.12. The van der Waals surface area contributed by atoms with E-state index in [-0.39, 0.29) is 43.0 Å². The second-order valence-electron chi connectivity index (χ2n) is 4.65. The number of nitrogens with zero attached hydrogens (tertiary/aromatic N) is 1. The molecule has 0 amide bonds. The summed E-state index contributed by atoms with van der Waals surface area (Å²) in [5, 5.41) is 14.2. The van der Waals surface area contributed by atoms with Crippen LogP contribution in [-0.4, -0.2) is 17.7 Å². The van der Waals surface area contributed by atoms with Crippen LogP contribution in [-0.2, 0) is 4.79 Å². The molecule has 3 aromatic rings. The van der Waals surface area contributed by atoms with Gasteiger partial charge in [0.15, 0.2) is 11.3 Å². The molecule has 0 saturated heterocycles. The van der Waals surface area contributed by atoms with Crippen molar-refractivity contribution in [3.8, 4) is 17.0 Å². The number of aromatic nitrogens is 1. The quantitative estimate of drug-likeness (QED) is 0.636. The van der Waals surface area contributed by atoms with Gasteiger partial charge in [0, 0.05) is 5.56 Å². The summed E-state index contributed by atoms with van der Waals surface area (Å²) < 4.78 is 24.1. The van der Waals surface area contributed by atoms with Gasteiger partial charge in [-0.05, 0) is 12.1 Å². The number of aliphatic carboxylic acids is 1. The lowest BCUT2D eigenvalue weighted by molar-refractivity contribution is -0.307. The van der Waals surface area contributed by atoms with Crippen LogP contribution in [0.4, 0.5) is 4.39 Å². The molecule has 9 heteroatoms. The van der Waals surface area contributed by atoms with Crippen molar-refractivity contribution in [2.24, 2.45) is 0 Å². The van der Waals surface area contributed by atoms with Gasteiger partial charge in [-0.3, -0.25) is 0 Å². The largest absolute Gasteiger partial charge is 0.546 e. The van der Waals surface area contributed by atoms with Gasteiger partial charge in [0.25, 0.3) is 0 Å². The molecule has 0 fully saturated rings. The predicted octanol–water partition coefficient (Wildman–Crippen LogP) is 3.72. The molecule has 0 aliphatic heterocycles. The van der Waals surface area contributed by atoms with Crippen molar-refractivity contribution in [1.82, 2.24) is 5.16 Å². The zero-order valence-corrected chi connectivity index (χ0v) is 13.9. The summed E-state index contributed by atoms with van der Waals surface area (Å²) in [6, 6.07) is 5.89. The van der Waals surface area contributed by atoms with Crippen LogP contribution in [0.25, 0.3) is 22.2 Å². The number of carboxylic acids is 1. The van der Waals surface area contributed by atoms with Crippen molar-refractivity contribution < 1.29 is 23.6 Å². The van der Waals surface area contributed by atoms with E-state index < -0.39 is 18.4 Å². The van der Waals surface area contributed by atoms with Gasteiger partial charge in [0.1, 0.15) is 28.2 Å². The molecular weight excluding hydrogens is 384 g/mol. The molecule has 0 saturated carbocycles. The number of fused-ring (bicyclic) bond motifs is 1. The molecular formula is C15H6Cl3FNO4-. The number of hydrogen-bond donors (Lipinski definition) is 0. The van der Waals surface area contributed by atoms with E-state index in [4.69, 9.17) is 44.1 Å². The number of benzene rings is 2. The van der Waals surface area contributed by atoms with Gasteiger partial charge in [-0.25, -0.2) is 4.39 Å². The molecule has 1 heterocycles. The SMILES string of the molecule is O=C([O-])COc1c(Cl)c(Cl)c2c(-c3ccccc3F)noc2c1Cl. The molecule has 3 rings (SSSR count). The smallest absolute Gasteiger partial charge is 0.191 e. The summed E-state index contributed by atoms with van der Waals surface area (Å²) in [5.74, 6) is -2.19. The summed E-state index contributed by atoms with van der Waals surface area (Å²) in [6.45, 7) is -0.782. The van der Waals surface area contributed by atoms with Gasteiger partial charge >= 0.3 is 0 Å². The molecule has 0 radical (unpaired) electrons. The third kappa shape index (κ3) is 2.77. The summed E-state index contributed by atoms with van der Waals surface area (Å²) >= 11 is 18.4. The monoisotopic (exact) mass is 388 g/mol. The molecule has 0 atom stereocenters. The second-order valence-corrected chi connectivity index (χ2v) is 5.78. The fraction of sp³-hybridized carbons (Fsp3) is 0.0667. The fourth-order valence-corrected chi connectivity index (χ4v) is 2.98. The number of carbonyl (C=O) groups excluding carboxylic acids is 1. The summed E-state index contributed by atoms with van der Waals surface area (Å²) in [6.07, 6.45) is 0. The highest BCUT2D eigenvalue weighted by Crippen LogP contribution is 2.48. The molecule has 24 heavy (non-hydrogen) atoms. The third-order valence-electron chi connectivity index (χ3n) is 3.17. The molecule has 2 aromatic carbocycles. The lowest BCUT2D eigenvalue weighted by Crippen LogP contribution is -2.29. The molecule has 124 valence electrons. The van der Waals surface area contributed by atoms with Crippen molar-refractivity contribution in [3.63, 3.8) is 0 Å². The van der Waals surface area contributed by atoms with Gasteiger partial charge in [0.05, 0.1) is 16.4 Å². The van der Waals surface area contributed by atoms with E-state index in [0.717, 1.165) is 0 Å². The first kappa shape index (κ1) is 16.8. The van der Waals surface area contributed by atoms with Crippen LogP contribution in [0.15, 0.2) is 28.8 Å². The minimum atomic E-state index is -1.47. The topological polar surface area (TPSA) is 75.4 Å². The Labute approximate surface area is 149 Å². The highest BCUT2D eigenvalue weighted by Gasteiger charge is 2.25. The first-order valence-electron chi connectivity index (χ1n) is 6.45. The predicted molar refractivity (Wildman–Crippen MR) is 84.9 cm³/mol. The zero-order valence-electron chi connectivity index (χ0n) is 11.6. The van der Waals surface area contributed by atoms with Crippen LogP contribution in [0.5, 0.6) is 5.75 Å². The molecule has 0 spiro atoms. The standard InChI is InChI=1S/C15H7Cl3FNO4/c16-10-9-13(6-3-1-2-4-7(6)19)20-24-14(9)12(18)15(11(10)17)23-5-8(21)22/h1-4H,5H2,(H,21,22)/p-1. The van der Waals surface area contributed by atoms with Crippen molar-refractivity contribution in [1.29, 1.82) is 0 Å². The summed E-state index contributed by atoms with van der Waals surface area (Å²) in [4.78, 5) is 10.5. The number of ether oxygens (including phenoxy) is 1. The number of carbonyl (C=O) groups is 1. The fourth-order valence-electron chi connectivity index (χ4n) is 2.15. The van der Waals surface area contributed by atoms with E-state index in [1.807, 2.05) is 0 Å². The van der Waals surface area contributed by atoms with Crippen LogP contribution >= 0.6 is 34.8 Å². The third-order valence-corrected chi connectivity index (χ3v) is 4.34. The Morgan fingerprint density at radius 3 is 2.58 bits per heavy atom. The van der Waals surface area contributed by atoms with Crippen LogP contribution < -0.4 is 9.84 Å². The minimum Gasteiger partial charge on any atom is -0.546 e. The Hall–Kier alpha value is -2.02. The maximum Gasteiger partial charge on any atom is 0.191 e. The maximum atomic E-state index is 14.0. The van der Waals surface area contributed by atoms with Gasteiger partial charge in [-0.15, -0.1) is 0 Å². The summed E-state index contributed by atoms with van der Waals surface area (Å²) in [5.41, 5.74) is 0.259. The van der Waals surface area contributed by atoms with E-state index >= 15 is 0 Å². The van der Waals surface area contributed by atoms with Crippen molar-refractivity contribution >= 4 is 51.7 Å². The maximum absolute atomic E-state index is 14.0. The van der Waals surface area contributed by atoms with Crippen LogP contribution in [0.2, 0.25) is 15.1 Å². The van der Waals surface area contributed by atoms with Crippen molar-refractivity contribution in [2.45, 2.75) is 0 Å². The molecule has 0 bridgehead atoms. The van der Waals surface area contributed by atoms with Crippen LogP contribution in [0.1, 0.15) is 0 Å². The van der Waals surface area contributed by atoms with Gasteiger partial charge in [-0.1, -0.05) is 52.1 Å². The molecule has 0 aliphatic rings. The first-order chi connectivity index (χ1) is 11.4. The van der Waals surface area contributed by atoms with E-state index in [1.165, 1.54) is 18.2 Å². The number of hydrogen-bond acceptors (Lipinski definition) is 5.